The van der Waals surface area contributed by atoms with Crippen molar-refractivity contribution in [2.24, 2.45) is 0 Å². The predicted octanol–water partition coefficient (Wildman–Crippen LogP) is 4.69. The van der Waals surface area contributed by atoms with Crippen molar-refractivity contribution >= 4 is 11.7 Å². The lowest BCUT2D eigenvalue weighted by atomic mass is 9.97. The van der Waals surface area contributed by atoms with Crippen LogP contribution in [-0.2, 0) is 6.54 Å². The van der Waals surface area contributed by atoms with Gasteiger partial charge in [0.15, 0.2) is 0 Å². The van der Waals surface area contributed by atoms with E-state index < -0.39 is 0 Å². The standard InChI is InChI=1S/C31H40N6O/c1-23-29(31(38)37-18-14-28(15-19-37)36-16-12-27(13-17-36)35(2)3)33-22-34-30(23)32-21-24-8-7-11-26(20-24)25-9-5-4-6-10-25/h4-11,20,22,27-28H,12-19,21H2,1-3H3,(H,32,33,34). The van der Waals surface area contributed by atoms with Gasteiger partial charge in [-0.25, -0.2) is 9.97 Å². The zero-order chi connectivity index (χ0) is 26.5. The molecule has 7 nitrogen and oxygen atoms in total. The molecule has 7 heteroatoms. The molecule has 38 heavy (non-hydrogen) atoms. The Morgan fingerprint density at radius 2 is 1.63 bits per heavy atom. The van der Waals surface area contributed by atoms with Gasteiger partial charge in [0.25, 0.3) is 5.91 Å². The van der Waals surface area contributed by atoms with E-state index in [1.165, 1.54) is 30.3 Å². The van der Waals surface area contributed by atoms with Crippen LogP contribution in [0.3, 0.4) is 0 Å². The molecule has 3 aromatic rings. The van der Waals surface area contributed by atoms with Crippen LogP contribution in [0.1, 0.15) is 47.3 Å². The highest BCUT2D eigenvalue weighted by atomic mass is 16.2. The molecule has 2 fully saturated rings. The zero-order valence-corrected chi connectivity index (χ0v) is 22.9. The number of anilines is 1. The molecule has 0 aliphatic carbocycles. The Morgan fingerprint density at radius 1 is 0.921 bits per heavy atom. The third-order valence-corrected chi connectivity index (χ3v) is 8.28. The van der Waals surface area contributed by atoms with Crippen molar-refractivity contribution < 1.29 is 4.79 Å². The molecule has 2 aromatic carbocycles. The Kier molecular flexibility index (Phi) is 8.35. The minimum atomic E-state index is 0.0174. The van der Waals surface area contributed by atoms with E-state index in [9.17, 15) is 4.79 Å². The van der Waals surface area contributed by atoms with Gasteiger partial charge in [-0.3, -0.25) is 4.79 Å². The highest BCUT2D eigenvalue weighted by molar-refractivity contribution is 5.94. The lowest BCUT2D eigenvalue weighted by Crippen LogP contribution is -2.51. The monoisotopic (exact) mass is 512 g/mol. The minimum absolute atomic E-state index is 0.0174. The summed E-state index contributed by atoms with van der Waals surface area (Å²) >= 11 is 0. The van der Waals surface area contributed by atoms with Gasteiger partial charge in [0.1, 0.15) is 17.8 Å². The number of nitrogens with zero attached hydrogens (tertiary/aromatic N) is 5. The van der Waals surface area contributed by atoms with Crippen LogP contribution in [0, 0.1) is 6.92 Å². The van der Waals surface area contributed by atoms with Crippen molar-refractivity contribution in [2.45, 2.75) is 51.2 Å². The molecule has 1 amide bonds. The number of amides is 1. The second-order valence-corrected chi connectivity index (χ2v) is 10.9. The number of piperidine rings is 2. The van der Waals surface area contributed by atoms with Crippen LogP contribution in [0.25, 0.3) is 11.1 Å². The molecule has 2 aliphatic rings. The number of hydrogen-bond donors (Lipinski definition) is 1. The second-order valence-electron chi connectivity index (χ2n) is 10.9. The molecule has 2 saturated heterocycles. The van der Waals surface area contributed by atoms with Crippen LogP contribution in [-0.4, -0.2) is 82.9 Å². The lowest BCUT2D eigenvalue weighted by molar-refractivity contribution is 0.0515. The topological polar surface area (TPSA) is 64.6 Å². The first-order valence-electron chi connectivity index (χ1n) is 13.9. The Labute approximate surface area is 226 Å². The van der Waals surface area contributed by atoms with E-state index in [0.717, 1.165) is 50.1 Å². The molecule has 1 N–H and O–H groups in total. The molecule has 0 bridgehead atoms. The van der Waals surface area contributed by atoms with E-state index in [0.29, 0.717) is 30.1 Å². The van der Waals surface area contributed by atoms with Crippen molar-refractivity contribution in [3.05, 3.63) is 77.7 Å². The number of nitrogens with one attached hydrogen (secondary N) is 1. The summed E-state index contributed by atoms with van der Waals surface area (Å²) in [6.45, 7) is 6.47. The summed E-state index contributed by atoms with van der Waals surface area (Å²) < 4.78 is 0. The summed E-state index contributed by atoms with van der Waals surface area (Å²) in [6.07, 6.45) is 6.04. The molecular weight excluding hydrogens is 472 g/mol. The van der Waals surface area contributed by atoms with Crippen molar-refractivity contribution in [1.82, 2.24) is 24.7 Å². The average Bonchev–Trinajstić information content (AvgIpc) is 2.97. The van der Waals surface area contributed by atoms with Crippen LogP contribution >= 0.6 is 0 Å². The van der Waals surface area contributed by atoms with Gasteiger partial charge in [0.2, 0.25) is 0 Å². The predicted molar refractivity (Wildman–Crippen MR) is 153 cm³/mol. The van der Waals surface area contributed by atoms with Crippen molar-refractivity contribution in [3.63, 3.8) is 0 Å². The molecule has 0 atom stereocenters. The Bertz CT molecular complexity index is 1210. The van der Waals surface area contributed by atoms with E-state index in [1.807, 2.05) is 17.9 Å². The first-order chi connectivity index (χ1) is 18.5. The highest BCUT2D eigenvalue weighted by Crippen LogP contribution is 2.25. The summed E-state index contributed by atoms with van der Waals surface area (Å²) in [7, 11) is 4.37. The van der Waals surface area contributed by atoms with Gasteiger partial charge in [-0.1, -0.05) is 48.5 Å². The van der Waals surface area contributed by atoms with Crippen LogP contribution < -0.4 is 5.32 Å². The van der Waals surface area contributed by atoms with Crippen molar-refractivity contribution in [2.75, 3.05) is 45.6 Å². The number of rotatable bonds is 7. The van der Waals surface area contributed by atoms with Crippen LogP contribution in [0.4, 0.5) is 5.82 Å². The van der Waals surface area contributed by atoms with E-state index in [-0.39, 0.29) is 5.91 Å². The van der Waals surface area contributed by atoms with E-state index in [4.69, 9.17) is 0 Å². The average molecular weight is 513 g/mol. The molecule has 1 aromatic heterocycles. The maximum absolute atomic E-state index is 13.4. The Balaban J connectivity index is 1.18. The van der Waals surface area contributed by atoms with Crippen LogP contribution in [0.5, 0.6) is 0 Å². The van der Waals surface area contributed by atoms with Gasteiger partial charge >= 0.3 is 0 Å². The molecule has 0 unspecified atom stereocenters. The van der Waals surface area contributed by atoms with Gasteiger partial charge in [0, 0.05) is 37.3 Å². The summed E-state index contributed by atoms with van der Waals surface area (Å²) in [5.41, 5.74) is 4.86. The van der Waals surface area contributed by atoms with E-state index >= 15 is 0 Å². The number of carbonyl (C=O) groups is 1. The fraction of sp³-hybridized carbons (Fsp3) is 0.452. The molecule has 0 saturated carbocycles. The number of aromatic nitrogens is 2. The molecule has 0 spiro atoms. The zero-order valence-electron chi connectivity index (χ0n) is 22.9. The summed E-state index contributed by atoms with van der Waals surface area (Å²) in [6, 6.07) is 20.2. The number of benzene rings is 2. The van der Waals surface area contributed by atoms with Crippen molar-refractivity contribution in [3.8, 4) is 11.1 Å². The van der Waals surface area contributed by atoms with Gasteiger partial charge in [0.05, 0.1) is 0 Å². The Morgan fingerprint density at radius 3 is 2.34 bits per heavy atom. The number of likely N-dealkylation sites (tertiary alicyclic amines) is 2. The SMILES string of the molecule is Cc1c(NCc2cccc(-c3ccccc3)c2)ncnc1C(=O)N1CCC(N2CCC(N(C)C)CC2)CC1. The summed E-state index contributed by atoms with van der Waals surface area (Å²) in [5.74, 6) is 0.732. The largest absolute Gasteiger partial charge is 0.366 e. The quantitative estimate of drug-likeness (QED) is 0.495. The lowest BCUT2D eigenvalue weighted by Gasteiger charge is -2.42. The molecule has 5 rings (SSSR count). The first kappa shape index (κ1) is 26.3. The van der Waals surface area contributed by atoms with Gasteiger partial charge in [-0.15, -0.1) is 0 Å². The molecule has 3 heterocycles. The van der Waals surface area contributed by atoms with Gasteiger partial charge in [-0.2, -0.15) is 0 Å². The van der Waals surface area contributed by atoms with E-state index in [1.54, 1.807) is 0 Å². The third kappa shape index (κ3) is 6.05. The fourth-order valence-corrected chi connectivity index (χ4v) is 5.87. The minimum Gasteiger partial charge on any atom is -0.366 e. The molecule has 0 radical (unpaired) electrons. The third-order valence-electron chi connectivity index (χ3n) is 8.28. The van der Waals surface area contributed by atoms with Gasteiger partial charge < -0.3 is 20.0 Å². The molecule has 2 aliphatic heterocycles. The normalized spacial score (nSPS) is 17.6. The number of carbonyl (C=O) groups excluding carboxylic acids is 1. The first-order valence-corrected chi connectivity index (χ1v) is 13.9. The van der Waals surface area contributed by atoms with Crippen LogP contribution in [0.15, 0.2) is 60.9 Å². The molecular formula is C31H40N6O. The molecule has 200 valence electrons. The maximum atomic E-state index is 13.4. The fourth-order valence-electron chi connectivity index (χ4n) is 5.87. The second kappa shape index (κ2) is 12.0. The smallest absolute Gasteiger partial charge is 0.272 e. The number of hydrogen-bond acceptors (Lipinski definition) is 6. The maximum Gasteiger partial charge on any atom is 0.272 e. The van der Waals surface area contributed by atoms with Crippen LogP contribution in [0.2, 0.25) is 0 Å². The summed E-state index contributed by atoms with van der Waals surface area (Å²) in [5, 5.41) is 3.44. The Hall–Kier alpha value is -3.29. The summed E-state index contributed by atoms with van der Waals surface area (Å²) in [4.78, 5) is 29.3. The highest BCUT2D eigenvalue weighted by Gasteiger charge is 2.31. The van der Waals surface area contributed by atoms with E-state index in [2.05, 4.69) is 87.7 Å². The van der Waals surface area contributed by atoms with Crippen molar-refractivity contribution in [1.29, 1.82) is 0 Å². The van der Waals surface area contributed by atoms with Gasteiger partial charge in [-0.05, 0) is 82.5 Å².